The van der Waals surface area contributed by atoms with Crippen LogP contribution in [0.3, 0.4) is 0 Å². The number of halogens is 2. The van der Waals surface area contributed by atoms with Crippen LogP contribution in [0.1, 0.15) is 25.0 Å². The third-order valence-corrected chi connectivity index (χ3v) is 5.61. The lowest BCUT2D eigenvalue weighted by molar-refractivity contribution is -0.156. The Hall–Kier alpha value is -2.88. The number of aliphatic hydroxyl groups excluding tert-OH is 2. The first-order valence-corrected chi connectivity index (χ1v) is 9.27. The fourth-order valence-corrected chi connectivity index (χ4v) is 3.98. The number of aromatic nitrogens is 3. The van der Waals surface area contributed by atoms with Crippen LogP contribution >= 0.6 is 0 Å². The molecule has 1 saturated carbocycles. The maximum atomic E-state index is 13.3. The Morgan fingerprint density at radius 2 is 2.23 bits per heavy atom. The Kier molecular flexibility index (Phi) is 4.84. The number of ether oxygens (including phenoxy) is 2. The van der Waals surface area contributed by atoms with E-state index in [-0.39, 0.29) is 17.9 Å². The molecule has 30 heavy (non-hydrogen) atoms. The van der Waals surface area contributed by atoms with Crippen molar-refractivity contribution in [2.24, 2.45) is 5.92 Å². The number of rotatable bonds is 4. The van der Waals surface area contributed by atoms with Gasteiger partial charge < -0.3 is 25.4 Å². The molecule has 2 aromatic heterocycles. The van der Waals surface area contributed by atoms with Gasteiger partial charge in [-0.1, -0.05) is 0 Å². The quantitative estimate of drug-likeness (QED) is 0.582. The van der Waals surface area contributed by atoms with Crippen molar-refractivity contribution in [2.45, 2.75) is 49.1 Å². The molecule has 4 rings (SSSR count). The number of carbonyl (C=O) groups excluding carboxylic acids is 1. The van der Waals surface area contributed by atoms with Crippen LogP contribution in [0.15, 0.2) is 18.5 Å². The second-order valence-electron chi connectivity index (χ2n) is 7.53. The molecule has 4 N–H and O–H groups in total. The molecule has 0 radical (unpaired) electrons. The third kappa shape index (κ3) is 3.15. The van der Waals surface area contributed by atoms with E-state index in [4.69, 9.17) is 15.2 Å². The van der Waals surface area contributed by atoms with Crippen molar-refractivity contribution in [3.05, 3.63) is 24.2 Å². The maximum absolute atomic E-state index is 13.3. The average Bonchev–Trinajstić information content (AvgIpc) is 3.37. The Morgan fingerprint density at radius 3 is 2.90 bits per heavy atom. The van der Waals surface area contributed by atoms with E-state index in [2.05, 4.69) is 10.1 Å². The van der Waals surface area contributed by atoms with E-state index in [1.165, 1.54) is 16.6 Å². The molecule has 0 aromatic carbocycles. The van der Waals surface area contributed by atoms with Gasteiger partial charge in [0.15, 0.2) is 5.82 Å². The summed E-state index contributed by atoms with van der Waals surface area (Å²) < 4.78 is 38.6. The van der Waals surface area contributed by atoms with Crippen molar-refractivity contribution >= 4 is 17.3 Å². The zero-order valence-electron chi connectivity index (χ0n) is 15.6. The summed E-state index contributed by atoms with van der Waals surface area (Å²) in [5, 5.41) is 34.8. The summed E-state index contributed by atoms with van der Waals surface area (Å²) in [4.78, 5) is 15.9. The number of nitrogen functional groups attached to an aromatic ring is 1. The second kappa shape index (κ2) is 7.12. The van der Waals surface area contributed by atoms with E-state index in [0.717, 1.165) is 6.33 Å². The summed E-state index contributed by atoms with van der Waals surface area (Å²) in [5.41, 5.74) is 4.23. The predicted octanol–water partition coefficient (Wildman–Crippen LogP) is 0.130. The topological polar surface area (TPSA) is 156 Å². The molecule has 1 aliphatic carbocycles. The van der Waals surface area contributed by atoms with E-state index < -0.39 is 61.2 Å². The number of aliphatic hydroxyl groups is 2. The number of anilines is 1. The van der Waals surface area contributed by atoms with Crippen molar-refractivity contribution in [2.75, 3.05) is 12.3 Å². The van der Waals surface area contributed by atoms with Crippen LogP contribution in [0.5, 0.6) is 0 Å². The van der Waals surface area contributed by atoms with Crippen LogP contribution < -0.4 is 5.73 Å². The summed E-state index contributed by atoms with van der Waals surface area (Å²) in [7, 11) is 0. The molecule has 2 aromatic rings. The number of esters is 1. The monoisotopic (exact) mass is 423 g/mol. The largest absolute Gasteiger partial charge is 0.463 e. The molecule has 5 atom stereocenters. The summed E-state index contributed by atoms with van der Waals surface area (Å²) in [6.07, 6.45) is -4.36. The molecule has 1 aliphatic heterocycles. The van der Waals surface area contributed by atoms with Gasteiger partial charge in [0.25, 0.3) is 0 Å². The van der Waals surface area contributed by atoms with Crippen molar-refractivity contribution in [1.29, 1.82) is 5.26 Å². The third-order valence-electron chi connectivity index (χ3n) is 5.61. The zero-order chi connectivity index (χ0) is 21.7. The van der Waals surface area contributed by atoms with Gasteiger partial charge in [0, 0.05) is 12.8 Å². The SMILES string of the molecule is N#C[C@@]1(c2ccc3c(N)ncnn23)O[C@H](COC(=O)C2CCC(F)(F)C2)[C@@H](O)[C@H]1O. The first kappa shape index (κ1) is 20.4. The Labute approximate surface area is 168 Å². The number of nitriles is 1. The Morgan fingerprint density at radius 1 is 1.47 bits per heavy atom. The standard InChI is InChI=1S/C18H19F2N5O5/c19-17(20)4-3-9(5-17)16(28)29-6-11-13(26)14(27)18(7-21,30-11)12-2-1-10-15(22)23-8-24-25(10)12/h1-2,8-9,11,13-14,26-27H,3-6H2,(H2,22,23,24)/t9?,11-,13-,14-,18+/m1/s1. The molecule has 2 fully saturated rings. The second-order valence-corrected chi connectivity index (χ2v) is 7.53. The maximum Gasteiger partial charge on any atom is 0.309 e. The van der Waals surface area contributed by atoms with Gasteiger partial charge in [0.2, 0.25) is 11.5 Å². The van der Waals surface area contributed by atoms with Gasteiger partial charge in [0.05, 0.1) is 11.6 Å². The van der Waals surface area contributed by atoms with Gasteiger partial charge in [-0.15, -0.1) is 0 Å². The molecule has 160 valence electrons. The van der Waals surface area contributed by atoms with Gasteiger partial charge in [0.1, 0.15) is 42.8 Å². The first-order valence-electron chi connectivity index (χ1n) is 9.27. The van der Waals surface area contributed by atoms with E-state index >= 15 is 0 Å². The van der Waals surface area contributed by atoms with Crippen LogP contribution in [-0.4, -0.2) is 61.6 Å². The van der Waals surface area contributed by atoms with Gasteiger partial charge in [-0.3, -0.25) is 4.79 Å². The fraction of sp³-hybridized carbons (Fsp3) is 0.556. The first-order chi connectivity index (χ1) is 14.2. The van der Waals surface area contributed by atoms with Crippen molar-refractivity contribution < 1.29 is 33.3 Å². The Balaban J connectivity index is 1.53. The number of nitrogens with zero attached hydrogens (tertiary/aromatic N) is 4. The number of hydrogen-bond donors (Lipinski definition) is 3. The summed E-state index contributed by atoms with van der Waals surface area (Å²) in [6, 6.07) is 4.84. The van der Waals surface area contributed by atoms with E-state index in [9.17, 15) is 29.1 Å². The van der Waals surface area contributed by atoms with Crippen LogP contribution in [0, 0.1) is 17.2 Å². The smallest absolute Gasteiger partial charge is 0.309 e. The van der Waals surface area contributed by atoms with Crippen molar-refractivity contribution in [3.8, 4) is 6.07 Å². The zero-order valence-corrected chi connectivity index (χ0v) is 15.6. The normalized spacial score (nSPS) is 32.9. The van der Waals surface area contributed by atoms with Crippen LogP contribution in [0.4, 0.5) is 14.6 Å². The summed E-state index contributed by atoms with van der Waals surface area (Å²) >= 11 is 0. The number of nitrogens with two attached hydrogens (primary N) is 1. The highest BCUT2D eigenvalue weighted by molar-refractivity contribution is 5.73. The van der Waals surface area contributed by atoms with Gasteiger partial charge in [-0.05, 0) is 18.6 Å². The lowest BCUT2D eigenvalue weighted by atomic mass is 9.92. The molecule has 10 nitrogen and oxygen atoms in total. The molecule has 12 heteroatoms. The van der Waals surface area contributed by atoms with E-state index in [1.807, 2.05) is 6.07 Å². The van der Waals surface area contributed by atoms with Crippen molar-refractivity contribution in [3.63, 3.8) is 0 Å². The fourth-order valence-electron chi connectivity index (χ4n) is 3.98. The van der Waals surface area contributed by atoms with Crippen LogP contribution in [0.2, 0.25) is 0 Å². The summed E-state index contributed by atoms with van der Waals surface area (Å²) in [6.45, 7) is -0.511. The summed E-state index contributed by atoms with van der Waals surface area (Å²) in [5.74, 6) is -4.55. The molecule has 0 spiro atoms. The molecular weight excluding hydrogens is 404 g/mol. The molecule has 2 aliphatic rings. The highest BCUT2D eigenvalue weighted by Gasteiger charge is 2.58. The van der Waals surface area contributed by atoms with Gasteiger partial charge >= 0.3 is 5.97 Å². The number of fused-ring (bicyclic) bond motifs is 1. The molecule has 1 saturated heterocycles. The minimum absolute atomic E-state index is 0.00193. The number of hydrogen-bond acceptors (Lipinski definition) is 9. The average molecular weight is 423 g/mol. The highest BCUT2D eigenvalue weighted by Crippen LogP contribution is 2.41. The predicted molar refractivity (Wildman–Crippen MR) is 94.8 cm³/mol. The minimum Gasteiger partial charge on any atom is -0.463 e. The molecule has 0 bridgehead atoms. The minimum atomic E-state index is -2.90. The van der Waals surface area contributed by atoms with Gasteiger partial charge in [-0.25, -0.2) is 18.3 Å². The van der Waals surface area contributed by atoms with Gasteiger partial charge in [-0.2, -0.15) is 10.4 Å². The molecule has 1 unspecified atom stereocenters. The lowest BCUT2D eigenvalue weighted by Gasteiger charge is -2.24. The van der Waals surface area contributed by atoms with Crippen LogP contribution in [-0.2, 0) is 19.9 Å². The Bertz CT molecular complexity index is 1020. The molecule has 3 heterocycles. The lowest BCUT2D eigenvalue weighted by Crippen LogP contribution is -2.41. The molecule has 0 amide bonds. The van der Waals surface area contributed by atoms with Crippen molar-refractivity contribution in [1.82, 2.24) is 14.6 Å². The molecular formula is C18H19F2N5O5. The number of alkyl halides is 2. The van der Waals surface area contributed by atoms with E-state index in [1.54, 1.807) is 0 Å². The highest BCUT2D eigenvalue weighted by atomic mass is 19.3. The van der Waals surface area contributed by atoms with E-state index in [0.29, 0.717) is 5.52 Å². The number of carbonyl (C=O) groups is 1. The van der Waals surface area contributed by atoms with Crippen LogP contribution in [0.25, 0.3) is 5.52 Å².